The lowest BCUT2D eigenvalue weighted by molar-refractivity contribution is -0.126. The Labute approximate surface area is 212 Å². The molecule has 34 heavy (non-hydrogen) atoms. The SMILES string of the molecule is CC(=O)N(C[C@@H]1CN(Cc2ccc(Cl)c(Cl)c2)CCO1)Sc1ccc2cc(C(=O)O)ccc2c1. The Morgan fingerprint density at radius 3 is 2.59 bits per heavy atom. The molecule has 9 heteroatoms. The highest BCUT2D eigenvalue weighted by molar-refractivity contribution is 7.97. The van der Waals surface area contributed by atoms with Gasteiger partial charge in [-0.2, -0.15) is 0 Å². The van der Waals surface area contributed by atoms with Crippen molar-refractivity contribution in [2.24, 2.45) is 0 Å². The van der Waals surface area contributed by atoms with Crippen LogP contribution < -0.4 is 0 Å². The van der Waals surface area contributed by atoms with Crippen molar-refractivity contribution in [1.82, 2.24) is 9.21 Å². The number of amides is 1. The second-order valence-corrected chi connectivity index (χ2v) is 10.1. The molecule has 0 spiro atoms. The van der Waals surface area contributed by atoms with Crippen molar-refractivity contribution in [3.05, 3.63) is 75.8 Å². The fourth-order valence-electron chi connectivity index (χ4n) is 3.89. The molecule has 1 aliphatic rings. The Morgan fingerprint density at radius 2 is 1.85 bits per heavy atom. The molecule has 1 saturated heterocycles. The van der Waals surface area contributed by atoms with E-state index in [1.165, 1.54) is 11.9 Å². The minimum Gasteiger partial charge on any atom is -0.478 e. The molecule has 0 unspecified atom stereocenters. The molecule has 0 bridgehead atoms. The number of ether oxygens (including phenoxy) is 1. The average Bonchev–Trinajstić information content (AvgIpc) is 2.81. The van der Waals surface area contributed by atoms with Crippen LogP contribution in [-0.2, 0) is 16.1 Å². The molecule has 1 atom stereocenters. The van der Waals surface area contributed by atoms with E-state index in [1.807, 2.05) is 30.3 Å². The quantitative estimate of drug-likeness (QED) is 0.410. The van der Waals surface area contributed by atoms with Gasteiger partial charge < -0.3 is 9.84 Å². The second kappa shape index (κ2) is 11.0. The van der Waals surface area contributed by atoms with Gasteiger partial charge in [0.2, 0.25) is 5.91 Å². The number of rotatable bonds is 7. The molecule has 1 heterocycles. The van der Waals surface area contributed by atoms with Crippen molar-refractivity contribution in [3.63, 3.8) is 0 Å². The molecule has 178 valence electrons. The number of benzene rings is 3. The number of carboxylic acid groups (broad SMARTS) is 1. The summed E-state index contributed by atoms with van der Waals surface area (Å²) >= 11 is 13.5. The number of nitrogens with zero attached hydrogens (tertiary/aromatic N) is 2. The molecule has 0 aliphatic carbocycles. The van der Waals surface area contributed by atoms with Crippen LogP contribution in [0.4, 0.5) is 0 Å². The minimum atomic E-state index is -0.955. The molecule has 1 amide bonds. The third-order valence-electron chi connectivity index (χ3n) is 5.61. The number of carbonyl (C=O) groups excluding carboxylic acids is 1. The normalized spacial score (nSPS) is 16.5. The third-order valence-corrected chi connectivity index (χ3v) is 7.44. The van der Waals surface area contributed by atoms with E-state index in [4.69, 9.17) is 27.9 Å². The largest absolute Gasteiger partial charge is 0.478 e. The molecule has 1 aliphatic heterocycles. The zero-order valence-corrected chi connectivity index (χ0v) is 20.9. The van der Waals surface area contributed by atoms with E-state index in [2.05, 4.69) is 4.90 Å². The summed E-state index contributed by atoms with van der Waals surface area (Å²) in [6.45, 7) is 4.81. The fraction of sp³-hybridized carbons (Fsp3) is 0.280. The number of halogens is 2. The molecule has 3 aromatic carbocycles. The monoisotopic (exact) mass is 518 g/mol. The van der Waals surface area contributed by atoms with Gasteiger partial charge in [0.25, 0.3) is 0 Å². The van der Waals surface area contributed by atoms with E-state index in [1.54, 1.807) is 35.5 Å². The fourth-order valence-corrected chi connectivity index (χ4v) is 5.14. The molecule has 3 aromatic rings. The summed E-state index contributed by atoms with van der Waals surface area (Å²) in [4.78, 5) is 26.8. The van der Waals surface area contributed by atoms with Crippen LogP contribution in [0.15, 0.2) is 59.5 Å². The summed E-state index contributed by atoms with van der Waals surface area (Å²) in [5, 5.41) is 12.0. The van der Waals surface area contributed by atoms with E-state index in [9.17, 15) is 14.7 Å². The van der Waals surface area contributed by atoms with Crippen molar-refractivity contribution >= 4 is 57.8 Å². The maximum absolute atomic E-state index is 12.4. The summed E-state index contributed by atoms with van der Waals surface area (Å²) < 4.78 is 7.67. The zero-order valence-electron chi connectivity index (χ0n) is 18.5. The maximum Gasteiger partial charge on any atom is 0.335 e. The number of aromatic carboxylic acids is 1. The Bertz CT molecular complexity index is 1220. The first kappa shape index (κ1) is 24.8. The molecule has 1 fully saturated rings. The van der Waals surface area contributed by atoms with Crippen molar-refractivity contribution < 1.29 is 19.4 Å². The molecular weight excluding hydrogens is 495 g/mol. The predicted octanol–water partition coefficient (Wildman–Crippen LogP) is 5.60. The molecule has 1 N–H and O–H groups in total. The summed E-state index contributed by atoms with van der Waals surface area (Å²) in [7, 11) is 0. The van der Waals surface area contributed by atoms with Gasteiger partial charge in [0.05, 0.1) is 34.9 Å². The lowest BCUT2D eigenvalue weighted by atomic mass is 10.1. The molecule has 4 rings (SSSR count). The van der Waals surface area contributed by atoms with Gasteiger partial charge in [0, 0.05) is 31.5 Å². The van der Waals surface area contributed by atoms with Gasteiger partial charge in [-0.25, -0.2) is 4.79 Å². The standard InChI is InChI=1S/C25H24Cl2N2O4S/c1-16(30)29(34-22-6-5-18-11-20(25(31)32)4-3-19(18)12-22)15-21-14-28(8-9-33-21)13-17-2-7-23(26)24(27)10-17/h2-7,10-12,21H,8-9,13-15H2,1H3,(H,31,32)/t21-/m0/s1. The van der Waals surface area contributed by atoms with Crippen LogP contribution in [0.25, 0.3) is 10.8 Å². The summed E-state index contributed by atoms with van der Waals surface area (Å²) in [5.41, 5.74) is 1.33. The van der Waals surface area contributed by atoms with Crippen molar-refractivity contribution in [2.75, 3.05) is 26.2 Å². The van der Waals surface area contributed by atoms with Gasteiger partial charge in [-0.05, 0) is 64.7 Å². The third kappa shape index (κ3) is 6.23. The number of morpholine rings is 1. The molecule has 0 radical (unpaired) electrons. The second-order valence-electron chi connectivity index (χ2n) is 8.18. The summed E-state index contributed by atoms with van der Waals surface area (Å²) in [6, 6.07) is 16.4. The highest BCUT2D eigenvalue weighted by atomic mass is 35.5. The van der Waals surface area contributed by atoms with Crippen LogP contribution in [0.3, 0.4) is 0 Å². The maximum atomic E-state index is 12.4. The first-order chi connectivity index (χ1) is 16.3. The van der Waals surface area contributed by atoms with Gasteiger partial charge in [0.15, 0.2) is 0 Å². The van der Waals surface area contributed by atoms with E-state index in [0.717, 1.165) is 34.3 Å². The van der Waals surface area contributed by atoms with Crippen molar-refractivity contribution in [1.29, 1.82) is 0 Å². The van der Waals surface area contributed by atoms with Crippen LogP contribution in [0.2, 0.25) is 10.0 Å². The Balaban J connectivity index is 1.41. The number of carbonyl (C=O) groups is 2. The Morgan fingerprint density at radius 1 is 1.09 bits per heavy atom. The van der Waals surface area contributed by atoms with Gasteiger partial charge >= 0.3 is 5.97 Å². The average molecular weight is 519 g/mol. The van der Waals surface area contributed by atoms with E-state index in [-0.39, 0.29) is 17.6 Å². The predicted molar refractivity (Wildman–Crippen MR) is 136 cm³/mol. The van der Waals surface area contributed by atoms with E-state index in [0.29, 0.717) is 29.7 Å². The molecule has 6 nitrogen and oxygen atoms in total. The van der Waals surface area contributed by atoms with Crippen LogP contribution in [0, 0.1) is 0 Å². The van der Waals surface area contributed by atoms with Crippen molar-refractivity contribution in [2.45, 2.75) is 24.5 Å². The number of hydrogen-bond acceptors (Lipinski definition) is 5. The highest BCUT2D eigenvalue weighted by Gasteiger charge is 2.25. The molecule has 0 aromatic heterocycles. The van der Waals surface area contributed by atoms with Crippen molar-refractivity contribution in [3.8, 4) is 0 Å². The number of carboxylic acids is 1. The van der Waals surface area contributed by atoms with Crippen LogP contribution in [-0.4, -0.2) is 58.5 Å². The summed E-state index contributed by atoms with van der Waals surface area (Å²) in [6.07, 6.45) is -0.119. The summed E-state index contributed by atoms with van der Waals surface area (Å²) in [5.74, 6) is -1.01. The molecule has 0 saturated carbocycles. The first-order valence-corrected chi connectivity index (χ1v) is 12.3. The van der Waals surface area contributed by atoms with Crippen LogP contribution in [0.5, 0.6) is 0 Å². The van der Waals surface area contributed by atoms with Gasteiger partial charge in [-0.3, -0.25) is 14.0 Å². The van der Waals surface area contributed by atoms with E-state index < -0.39 is 5.97 Å². The number of fused-ring (bicyclic) bond motifs is 1. The van der Waals surface area contributed by atoms with Gasteiger partial charge in [-0.1, -0.05) is 41.4 Å². The first-order valence-electron chi connectivity index (χ1n) is 10.8. The van der Waals surface area contributed by atoms with Crippen LogP contribution in [0.1, 0.15) is 22.8 Å². The smallest absolute Gasteiger partial charge is 0.335 e. The molecular formula is C25H24Cl2N2O4S. The lowest BCUT2D eigenvalue weighted by Crippen LogP contribution is -2.46. The Kier molecular flexibility index (Phi) is 8.01. The minimum absolute atomic E-state index is 0.0588. The Hall–Kier alpha value is -2.29. The topological polar surface area (TPSA) is 70.1 Å². The number of hydrogen-bond donors (Lipinski definition) is 1. The van der Waals surface area contributed by atoms with Gasteiger partial charge in [0.1, 0.15) is 0 Å². The lowest BCUT2D eigenvalue weighted by Gasteiger charge is -2.35. The highest BCUT2D eigenvalue weighted by Crippen LogP contribution is 2.29. The van der Waals surface area contributed by atoms with E-state index >= 15 is 0 Å². The van der Waals surface area contributed by atoms with Crippen LogP contribution >= 0.6 is 35.1 Å². The van der Waals surface area contributed by atoms with Gasteiger partial charge in [-0.15, -0.1) is 0 Å². The zero-order chi connectivity index (χ0) is 24.2.